The first kappa shape index (κ1) is 16.0. The van der Waals surface area contributed by atoms with Gasteiger partial charge in [0.15, 0.2) is 0 Å². The Balaban J connectivity index is 1.82. The summed E-state index contributed by atoms with van der Waals surface area (Å²) in [7, 11) is 0. The van der Waals surface area contributed by atoms with E-state index in [-0.39, 0.29) is 11.9 Å². The zero-order chi connectivity index (χ0) is 16.9. The lowest BCUT2D eigenvalue weighted by Crippen LogP contribution is -2.20. The van der Waals surface area contributed by atoms with E-state index >= 15 is 0 Å². The first-order chi connectivity index (χ1) is 11.6. The number of nitrogens with zero attached hydrogens (tertiary/aromatic N) is 2. The van der Waals surface area contributed by atoms with Gasteiger partial charge in [-0.1, -0.05) is 35.9 Å². The van der Waals surface area contributed by atoms with Gasteiger partial charge in [-0.2, -0.15) is 0 Å². The van der Waals surface area contributed by atoms with Crippen molar-refractivity contribution >= 4 is 11.7 Å². The Bertz CT molecular complexity index is 824. The van der Waals surface area contributed by atoms with E-state index in [0.29, 0.717) is 12.2 Å². The highest BCUT2D eigenvalue weighted by molar-refractivity contribution is 5.90. The third-order valence-electron chi connectivity index (χ3n) is 4.06. The molecule has 1 aromatic carbocycles. The van der Waals surface area contributed by atoms with Gasteiger partial charge in [-0.3, -0.25) is 4.79 Å². The molecule has 0 unspecified atom stereocenters. The molecule has 0 bridgehead atoms. The van der Waals surface area contributed by atoms with Gasteiger partial charge in [-0.05, 0) is 43.2 Å². The van der Waals surface area contributed by atoms with Crippen molar-refractivity contribution in [3.63, 3.8) is 0 Å². The Morgan fingerprint density at radius 2 is 1.92 bits per heavy atom. The number of aryl methyl sites for hydroxylation is 2. The zero-order valence-corrected chi connectivity index (χ0v) is 13.9. The van der Waals surface area contributed by atoms with Crippen molar-refractivity contribution < 1.29 is 4.79 Å². The highest BCUT2D eigenvalue weighted by atomic mass is 16.1. The number of anilines is 1. The molecule has 0 saturated carbocycles. The SMILES string of the molecule is Cc1cccc([C@H](CC(=O)Nc2ncccc2C)n2cccc2)c1. The molecule has 24 heavy (non-hydrogen) atoms. The fraction of sp³-hybridized carbons (Fsp3) is 0.200. The Morgan fingerprint density at radius 1 is 1.12 bits per heavy atom. The van der Waals surface area contributed by atoms with E-state index in [1.807, 2.05) is 49.6 Å². The van der Waals surface area contributed by atoms with E-state index in [1.54, 1.807) is 6.20 Å². The lowest BCUT2D eigenvalue weighted by Gasteiger charge is -2.20. The van der Waals surface area contributed by atoms with Crippen molar-refractivity contribution in [3.05, 3.63) is 83.8 Å². The Labute approximate surface area is 142 Å². The number of carbonyl (C=O) groups excluding carboxylic acids is 1. The Hall–Kier alpha value is -2.88. The third kappa shape index (κ3) is 3.71. The van der Waals surface area contributed by atoms with E-state index in [4.69, 9.17) is 0 Å². The molecule has 4 nitrogen and oxygen atoms in total. The normalized spacial score (nSPS) is 11.9. The van der Waals surface area contributed by atoms with Crippen LogP contribution in [0.4, 0.5) is 5.82 Å². The van der Waals surface area contributed by atoms with E-state index in [9.17, 15) is 4.79 Å². The number of hydrogen-bond acceptors (Lipinski definition) is 2. The van der Waals surface area contributed by atoms with Crippen molar-refractivity contribution in [3.8, 4) is 0 Å². The Kier molecular flexibility index (Phi) is 4.75. The summed E-state index contributed by atoms with van der Waals surface area (Å²) in [6.07, 6.45) is 6.03. The summed E-state index contributed by atoms with van der Waals surface area (Å²) in [5.74, 6) is 0.579. The minimum Gasteiger partial charge on any atom is -0.346 e. The molecule has 0 aliphatic heterocycles. The predicted molar refractivity (Wildman–Crippen MR) is 96.0 cm³/mol. The molecular weight excluding hydrogens is 298 g/mol. The number of rotatable bonds is 5. The molecule has 4 heteroatoms. The molecule has 2 aromatic heterocycles. The van der Waals surface area contributed by atoms with Crippen LogP contribution >= 0.6 is 0 Å². The maximum absolute atomic E-state index is 12.6. The van der Waals surface area contributed by atoms with Crippen LogP contribution in [0.15, 0.2) is 67.1 Å². The standard InChI is InChI=1S/C20H21N3O/c1-15-7-5-9-17(13-15)18(23-11-3-4-12-23)14-19(24)22-20-16(2)8-6-10-21-20/h3-13,18H,14H2,1-2H3,(H,21,22,24)/t18-/m0/s1. The number of carbonyl (C=O) groups is 1. The highest BCUT2D eigenvalue weighted by Crippen LogP contribution is 2.24. The summed E-state index contributed by atoms with van der Waals surface area (Å²) in [6, 6.07) is 16.0. The van der Waals surface area contributed by atoms with Crippen LogP contribution in [0.1, 0.15) is 29.2 Å². The summed E-state index contributed by atoms with van der Waals surface area (Å²) >= 11 is 0. The minimum absolute atomic E-state index is 0.0380. The zero-order valence-electron chi connectivity index (χ0n) is 13.9. The lowest BCUT2D eigenvalue weighted by molar-refractivity contribution is -0.116. The quantitative estimate of drug-likeness (QED) is 0.769. The maximum Gasteiger partial charge on any atom is 0.227 e. The summed E-state index contributed by atoms with van der Waals surface area (Å²) in [5.41, 5.74) is 3.27. The molecule has 0 radical (unpaired) electrons. The van der Waals surface area contributed by atoms with Gasteiger partial charge >= 0.3 is 0 Å². The summed E-state index contributed by atoms with van der Waals surface area (Å²) in [5, 5.41) is 2.92. The summed E-state index contributed by atoms with van der Waals surface area (Å²) in [6.45, 7) is 4.00. The molecule has 1 N–H and O–H groups in total. The first-order valence-electron chi connectivity index (χ1n) is 8.04. The molecule has 122 valence electrons. The van der Waals surface area contributed by atoms with Gasteiger partial charge in [0.05, 0.1) is 12.5 Å². The number of nitrogens with one attached hydrogen (secondary N) is 1. The van der Waals surface area contributed by atoms with Crippen LogP contribution in [0.25, 0.3) is 0 Å². The topological polar surface area (TPSA) is 46.9 Å². The molecule has 0 aliphatic rings. The number of hydrogen-bond donors (Lipinski definition) is 1. The van der Waals surface area contributed by atoms with Crippen LogP contribution < -0.4 is 5.32 Å². The smallest absolute Gasteiger partial charge is 0.227 e. The van der Waals surface area contributed by atoms with E-state index < -0.39 is 0 Å². The largest absolute Gasteiger partial charge is 0.346 e. The van der Waals surface area contributed by atoms with Gasteiger partial charge in [0.25, 0.3) is 0 Å². The fourth-order valence-corrected chi connectivity index (χ4v) is 2.80. The van der Waals surface area contributed by atoms with Gasteiger partial charge in [0.1, 0.15) is 5.82 Å². The van der Waals surface area contributed by atoms with Crippen LogP contribution in [0.2, 0.25) is 0 Å². The molecule has 0 fully saturated rings. The number of aromatic nitrogens is 2. The van der Waals surface area contributed by atoms with Gasteiger partial charge in [0.2, 0.25) is 5.91 Å². The molecule has 0 aliphatic carbocycles. The van der Waals surface area contributed by atoms with Gasteiger partial charge < -0.3 is 9.88 Å². The molecule has 3 aromatic rings. The van der Waals surface area contributed by atoms with Gasteiger partial charge in [0, 0.05) is 18.6 Å². The average molecular weight is 319 g/mol. The molecule has 0 spiro atoms. The van der Waals surface area contributed by atoms with Crippen LogP contribution in [-0.2, 0) is 4.79 Å². The van der Waals surface area contributed by atoms with Crippen molar-refractivity contribution in [1.29, 1.82) is 0 Å². The van der Waals surface area contributed by atoms with Crippen LogP contribution in [-0.4, -0.2) is 15.5 Å². The van der Waals surface area contributed by atoms with Gasteiger partial charge in [-0.15, -0.1) is 0 Å². The van der Waals surface area contributed by atoms with E-state index in [0.717, 1.165) is 11.1 Å². The van der Waals surface area contributed by atoms with E-state index in [2.05, 4.69) is 40.0 Å². The van der Waals surface area contributed by atoms with Crippen molar-refractivity contribution in [2.45, 2.75) is 26.3 Å². The van der Waals surface area contributed by atoms with Crippen LogP contribution in [0.5, 0.6) is 0 Å². The number of benzene rings is 1. The maximum atomic E-state index is 12.6. The first-order valence-corrected chi connectivity index (χ1v) is 8.04. The number of pyridine rings is 1. The Morgan fingerprint density at radius 3 is 2.62 bits per heavy atom. The second-order valence-corrected chi connectivity index (χ2v) is 5.98. The summed E-state index contributed by atoms with van der Waals surface area (Å²) in [4.78, 5) is 16.8. The molecular formula is C20H21N3O. The van der Waals surface area contributed by atoms with Crippen LogP contribution in [0, 0.1) is 13.8 Å². The number of amides is 1. The molecule has 0 saturated heterocycles. The fourth-order valence-electron chi connectivity index (χ4n) is 2.80. The van der Waals surface area contributed by atoms with Crippen molar-refractivity contribution in [2.75, 3.05) is 5.32 Å². The second kappa shape index (κ2) is 7.13. The van der Waals surface area contributed by atoms with Gasteiger partial charge in [-0.25, -0.2) is 4.98 Å². The second-order valence-electron chi connectivity index (χ2n) is 5.98. The summed E-state index contributed by atoms with van der Waals surface area (Å²) < 4.78 is 2.07. The minimum atomic E-state index is -0.0444. The van der Waals surface area contributed by atoms with Crippen molar-refractivity contribution in [2.24, 2.45) is 0 Å². The van der Waals surface area contributed by atoms with Crippen LogP contribution in [0.3, 0.4) is 0 Å². The molecule has 1 amide bonds. The monoisotopic (exact) mass is 319 g/mol. The predicted octanol–water partition coefficient (Wildman–Crippen LogP) is 4.12. The molecule has 1 atom stereocenters. The molecule has 3 rings (SSSR count). The third-order valence-corrected chi connectivity index (χ3v) is 4.06. The average Bonchev–Trinajstić information content (AvgIpc) is 3.09. The van der Waals surface area contributed by atoms with Crippen molar-refractivity contribution in [1.82, 2.24) is 9.55 Å². The highest BCUT2D eigenvalue weighted by Gasteiger charge is 2.18. The lowest BCUT2D eigenvalue weighted by atomic mass is 10.0. The molecule has 2 heterocycles. The van der Waals surface area contributed by atoms with E-state index in [1.165, 1.54) is 5.56 Å².